The molecule has 0 radical (unpaired) electrons. The van der Waals surface area contributed by atoms with Crippen LogP contribution < -0.4 is 5.32 Å². The van der Waals surface area contributed by atoms with Crippen molar-refractivity contribution in [2.45, 2.75) is 6.04 Å². The van der Waals surface area contributed by atoms with E-state index in [1.54, 1.807) is 6.08 Å². The van der Waals surface area contributed by atoms with Gasteiger partial charge in [-0.1, -0.05) is 18.2 Å². The van der Waals surface area contributed by atoms with Crippen LogP contribution in [0.25, 0.3) is 0 Å². The van der Waals surface area contributed by atoms with Crippen molar-refractivity contribution in [2.24, 2.45) is 0 Å². The number of hydrogen-bond acceptors (Lipinski definition) is 3. The molecule has 0 amide bonds. The quantitative estimate of drug-likeness (QED) is 0.659. The van der Waals surface area contributed by atoms with Gasteiger partial charge in [-0.25, -0.2) is 0 Å². The molecule has 0 aromatic heterocycles. The van der Waals surface area contributed by atoms with Crippen molar-refractivity contribution in [2.75, 3.05) is 13.2 Å². The molecule has 2 aliphatic rings. The van der Waals surface area contributed by atoms with Crippen LogP contribution in [0.5, 0.6) is 0 Å². The van der Waals surface area contributed by atoms with Gasteiger partial charge in [-0.2, -0.15) is 0 Å². The number of rotatable bonds is 2. The highest BCUT2D eigenvalue weighted by molar-refractivity contribution is 6.09. The number of ether oxygens (including phenoxy) is 1. The highest BCUT2D eigenvalue weighted by Gasteiger charge is 2.16. The normalized spacial score (nSPS) is 24.9. The second kappa shape index (κ2) is 3.58. The second-order valence-electron chi connectivity index (χ2n) is 3.13. The SMILES string of the molecule is N=C1C=CC=C/C1=C/NC1COC1. The minimum Gasteiger partial charge on any atom is -0.383 e. The third-order valence-corrected chi connectivity index (χ3v) is 2.07. The lowest BCUT2D eigenvalue weighted by molar-refractivity contribution is 0.000733. The van der Waals surface area contributed by atoms with E-state index in [1.807, 2.05) is 24.4 Å². The third kappa shape index (κ3) is 1.87. The van der Waals surface area contributed by atoms with Gasteiger partial charge >= 0.3 is 0 Å². The molecule has 0 spiro atoms. The molecular weight excluding hydrogens is 164 g/mol. The van der Waals surface area contributed by atoms with E-state index in [2.05, 4.69) is 5.32 Å². The zero-order chi connectivity index (χ0) is 9.10. The molecule has 0 unspecified atom stereocenters. The topological polar surface area (TPSA) is 45.1 Å². The van der Waals surface area contributed by atoms with E-state index in [-0.39, 0.29) is 0 Å². The standard InChI is InChI=1S/C10H12N2O/c11-10-4-2-1-3-8(10)5-12-9-6-13-7-9/h1-5,9,11-12H,6-7H2/b8-5-,11-10?. The van der Waals surface area contributed by atoms with Gasteiger partial charge in [0.25, 0.3) is 0 Å². The van der Waals surface area contributed by atoms with E-state index < -0.39 is 0 Å². The first-order chi connectivity index (χ1) is 6.36. The Balaban J connectivity index is 1.94. The molecule has 1 fully saturated rings. The van der Waals surface area contributed by atoms with E-state index in [0.29, 0.717) is 11.8 Å². The average Bonchev–Trinajstić information content (AvgIpc) is 2.05. The van der Waals surface area contributed by atoms with Gasteiger partial charge in [0, 0.05) is 11.8 Å². The van der Waals surface area contributed by atoms with Crippen molar-refractivity contribution in [1.29, 1.82) is 5.41 Å². The van der Waals surface area contributed by atoms with Crippen LogP contribution in [0, 0.1) is 5.41 Å². The van der Waals surface area contributed by atoms with Crippen molar-refractivity contribution in [3.05, 3.63) is 36.1 Å². The van der Waals surface area contributed by atoms with Crippen molar-refractivity contribution in [3.8, 4) is 0 Å². The van der Waals surface area contributed by atoms with Gasteiger partial charge in [0.05, 0.1) is 25.0 Å². The Bertz CT molecular complexity index is 298. The van der Waals surface area contributed by atoms with Crippen LogP contribution in [-0.4, -0.2) is 25.0 Å². The molecule has 1 saturated heterocycles. The molecule has 0 aromatic carbocycles. The summed E-state index contributed by atoms with van der Waals surface area (Å²) in [5.74, 6) is 0. The van der Waals surface area contributed by atoms with Crippen molar-refractivity contribution in [3.63, 3.8) is 0 Å². The highest BCUT2D eigenvalue weighted by atomic mass is 16.5. The van der Waals surface area contributed by atoms with E-state index in [4.69, 9.17) is 10.1 Å². The average molecular weight is 176 g/mol. The lowest BCUT2D eigenvalue weighted by Gasteiger charge is -2.26. The Morgan fingerprint density at radius 3 is 2.77 bits per heavy atom. The summed E-state index contributed by atoms with van der Waals surface area (Å²) in [4.78, 5) is 0. The van der Waals surface area contributed by atoms with Gasteiger partial charge in [0.2, 0.25) is 0 Å². The van der Waals surface area contributed by atoms with Crippen LogP contribution in [0.1, 0.15) is 0 Å². The predicted octanol–water partition coefficient (Wildman–Crippen LogP) is 1.00. The maximum Gasteiger partial charge on any atom is 0.0723 e. The van der Waals surface area contributed by atoms with Gasteiger partial charge in [-0.3, -0.25) is 0 Å². The number of hydrogen-bond donors (Lipinski definition) is 2. The molecule has 1 aliphatic heterocycles. The Labute approximate surface area is 77.3 Å². The van der Waals surface area contributed by atoms with Gasteiger partial charge in [0.15, 0.2) is 0 Å². The summed E-state index contributed by atoms with van der Waals surface area (Å²) in [6, 6.07) is 0.430. The molecule has 2 rings (SSSR count). The van der Waals surface area contributed by atoms with Gasteiger partial charge in [-0.05, 0) is 6.08 Å². The fourth-order valence-electron chi connectivity index (χ4n) is 1.16. The first-order valence-corrected chi connectivity index (χ1v) is 4.34. The lowest BCUT2D eigenvalue weighted by atomic mass is 10.1. The molecule has 3 nitrogen and oxygen atoms in total. The fraction of sp³-hybridized carbons (Fsp3) is 0.300. The zero-order valence-corrected chi connectivity index (χ0v) is 7.29. The Hall–Kier alpha value is -1.35. The summed E-state index contributed by atoms with van der Waals surface area (Å²) in [7, 11) is 0. The molecule has 1 heterocycles. The summed E-state index contributed by atoms with van der Waals surface area (Å²) in [6.45, 7) is 1.55. The molecule has 0 bridgehead atoms. The Kier molecular flexibility index (Phi) is 2.27. The Morgan fingerprint density at radius 2 is 2.15 bits per heavy atom. The van der Waals surface area contributed by atoms with E-state index in [1.165, 1.54) is 0 Å². The molecule has 13 heavy (non-hydrogen) atoms. The minimum atomic E-state index is 0.430. The molecule has 68 valence electrons. The van der Waals surface area contributed by atoms with E-state index >= 15 is 0 Å². The molecule has 0 atom stereocenters. The minimum absolute atomic E-state index is 0.430. The largest absolute Gasteiger partial charge is 0.383 e. The van der Waals surface area contributed by atoms with Gasteiger partial charge < -0.3 is 15.5 Å². The predicted molar refractivity (Wildman–Crippen MR) is 51.8 cm³/mol. The van der Waals surface area contributed by atoms with Crippen LogP contribution >= 0.6 is 0 Å². The van der Waals surface area contributed by atoms with Crippen LogP contribution in [0.3, 0.4) is 0 Å². The van der Waals surface area contributed by atoms with Crippen LogP contribution in [-0.2, 0) is 4.74 Å². The van der Waals surface area contributed by atoms with Crippen molar-refractivity contribution < 1.29 is 4.74 Å². The maximum atomic E-state index is 7.59. The van der Waals surface area contributed by atoms with E-state index in [0.717, 1.165) is 18.8 Å². The summed E-state index contributed by atoms with van der Waals surface area (Å²) >= 11 is 0. The second-order valence-corrected chi connectivity index (χ2v) is 3.13. The number of allylic oxidation sites excluding steroid dienone is 5. The first kappa shape index (κ1) is 8.26. The van der Waals surface area contributed by atoms with Gasteiger partial charge in [-0.15, -0.1) is 0 Å². The third-order valence-electron chi connectivity index (χ3n) is 2.07. The van der Waals surface area contributed by atoms with Crippen LogP contribution in [0.15, 0.2) is 36.1 Å². The van der Waals surface area contributed by atoms with Crippen LogP contribution in [0.2, 0.25) is 0 Å². The molecule has 3 heteroatoms. The van der Waals surface area contributed by atoms with Gasteiger partial charge in [0.1, 0.15) is 0 Å². The molecule has 0 saturated carbocycles. The maximum absolute atomic E-state index is 7.59. The summed E-state index contributed by atoms with van der Waals surface area (Å²) in [5, 5.41) is 10.8. The van der Waals surface area contributed by atoms with Crippen molar-refractivity contribution >= 4 is 5.71 Å². The summed E-state index contributed by atoms with van der Waals surface area (Å²) in [5.41, 5.74) is 1.48. The molecule has 0 aromatic rings. The highest BCUT2D eigenvalue weighted by Crippen LogP contribution is 2.07. The summed E-state index contributed by atoms with van der Waals surface area (Å²) < 4.78 is 5.02. The summed E-state index contributed by atoms with van der Waals surface area (Å²) in [6.07, 6.45) is 9.39. The van der Waals surface area contributed by atoms with E-state index in [9.17, 15) is 0 Å². The number of nitrogens with one attached hydrogen (secondary N) is 2. The first-order valence-electron chi connectivity index (χ1n) is 4.34. The fourth-order valence-corrected chi connectivity index (χ4v) is 1.16. The Morgan fingerprint density at radius 1 is 1.38 bits per heavy atom. The smallest absolute Gasteiger partial charge is 0.0723 e. The molecule has 1 aliphatic carbocycles. The lowest BCUT2D eigenvalue weighted by Crippen LogP contribution is -2.43. The van der Waals surface area contributed by atoms with Crippen molar-refractivity contribution in [1.82, 2.24) is 5.32 Å². The molecule has 2 N–H and O–H groups in total. The molecular formula is C10H12N2O. The van der Waals surface area contributed by atoms with Crippen LogP contribution in [0.4, 0.5) is 0 Å². The zero-order valence-electron chi connectivity index (χ0n) is 7.29. The monoisotopic (exact) mass is 176 g/mol.